The molecule has 2 aliphatic rings. The first-order valence-electron chi connectivity index (χ1n) is 7.69. The summed E-state index contributed by atoms with van der Waals surface area (Å²) < 4.78 is 0. The van der Waals surface area contributed by atoms with E-state index >= 15 is 0 Å². The largest absolute Gasteiger partial charge is 0.320 e. The van der Waals surface area contributed by atoms with Gasteiger partial charge >= 0.3 is 0 Å². The molecule has 0 bridgehead atoms. The van der Waals surface area contributed by atoms with Crippen LogP contribution >= 0.6 is 11.6 Å². The third-order valence-electron chi connectivity index (χ3n) is 4.39. The molecule has 0 spiro atoms. The summed E-state index contributed by atoms with van der Waals surface area (Å²) >= 11 is 6.08. The van der Waals surface area contributed by atoms with Crippen LogP contribution in [-0.4, -0.2) is 47.9 Å². The van der Waals surface area contributed by atoms with E-state index < -0.39 is 0 Å². The number of amides is 1. The normalized spacial score (nSPS) is 26.8. The molecule has 21 heavy (non-hydrogen) atoms. The molecule has 0 radical (unpaired) electrons. The van der Waals surface area contributed by atoms with Crippen molar-refractivity contribution in [2.24, 2.45) is 0 Å². The Balaban J connectivity index is 1.72. The summed E-state index contributed by atoms with van der Waals surface area (Å²) in [5.41, 5.74) is 1.06. The van der Waals surface area contributed by atoms with Gasteiger partial charge in [0, 0.05) is 18.1 Å². The van der Waals surface area contributed by atoms with E-state index in [-0.39, 0.29) is 18.1 Å². The molecule has 5 heteroatoms. The maximum Gasteiger partial charge on any atom is 0.241 e. The molecule has 2 unspecified atom stereocenters. The maximum absolute atomic E-state index is 12.4. The van der Waals surface area contributed by atoms with Gasteiger partial charge in [0.2, 0.25) is 5.91 Å². The lowest BCUT2D eigenvalue weighted by molar-refractivity contribution is -0.130. The van der Waals surface area contributed by atoms with E-state index in [1.165, 1.54) is 12.8 Å². The minimum atomic E-state index is -0.132. The Hall–Kier alpha value is -1.10. The predicted molar refractivity (Wildman–Crippen MR) is 84.2 cm³/mol. The van der Waals surface area contributed by atoms with E-state index in [1.54, 1.807) is 0 Å². The van der Waals surface area contributed by atoms with Crippen LogP contribution in [0.3, 0.4) is 0 Å². The van der Waals surface area contributed by atoms with E-state index in [2.05, 4.69) is 10.2 Å². The summed E-state index contributed by atoms with van der Waals surface area (Å²) in [6.07, 6.45) is 2.49. The predicted octanol–water partition coefficient (Wildman–Crippen LogP) is 2.25. The van der Waals surface area contributed by atoms with Gasteiger partial charge in [-0.15, -0.1) is 0 Å². The lowest BCUT2D eigenvalue weighted by atomic mass is 10.1. The molecular formula is C16H22ClN3O. The fourth-order valence-corrected chi connectivity index (χ4v) is 3.42. The zero-order valence-corrected chi connectivity index (χ0v) is 13.1. The third-order valence-corrected chi connectivity index (χ3v) is 4.63. The van der Waals surface area contributed by atoms with Crippen LogP contribution in [0.15, 0.2) is 24.3 Å². The number of rotatable bonds is 4. The van der Waals surface area contributed by atoms with Crippen molar-refractivity contribution in [1.29, 1.82) is 0 Å². The van der Waals surface area contributed by atoms with Gasteiger partial charge in [-0.25, -0.2) is 0 Å². The van der Waals surface area contributed by atoms with Gasteiger partial charge in [-0.3, -0.25) is 10.1 Å². The van der Waals surface area contributed by atoms with E-state index in [0.29, 0.717) is 5.02 Å². The molecular weight excluding hydrogens is 286 g/mol. The Morgan fingerprint density at radius 2 is 2.05 bits per heavy atom. The summed E-state index contributed by atoms with van der Waals surface area (Å²) in [6.45, 7) is 5.97. The Morgan fingerprint density at radius 3 is 2.76 bits per heavy atom. The second-order valence-electron chi connectivity index (χ2n) is 5.93. The molecule has 2 saturated heterocycles. The van der Waals surface area contributed by atoms with E-state index in [1.807, 2.05) is 36.1 Å². The smallest absolute Gasteiger partial charge is 0.241 e. The molecule has 1 aromatic carbocycles. The molecule has 4 nitrogen and oxygen atoms in total. The van der Waals surface area contributed by atoms with Gasteiger partial charge in [-0.05, 0) is 50.6 Å². The molecule has 1 aromatic rings. The molecule has 0 aromatic heterocycles. The van der Waals surface area contributed by atoms with Crippen molar-refractivity contribution < 1.29 is 4.79 Å². The van der Waals surface area contributed by atoms with E-state index in [0.717, 1.165) is 31.7 Å². The topological polar surface area (TPSA) is 35.6 Å². The standard InChI is InChI=1S/C16H22ClN3O/c1-12-16(21)20(10-9-19-7-2-3-8-19)15(18-12)13-5-4-6-14(17)11-13/h4-6,11-12,15,18H,2-3,7-10H2,1H3. The van der Waals surface area contributed by atoms with Crippen molar-refractivity contribution in [2.45, 2.75) is 32.0 Å². The van der Waals surface area contributed by atoms with Gasteiger partial charge < -0.3 is 9.80 Å². The van der Waals surface area contributed by atoms with Gasteiger partial charge in [-0.2, -0.15) is 0 Å². The van der Waals surface area contributed by atoms with Crippen LogP contribution in [0.5, 0.6) is 0 Å². The van der Waals surface area contributed by atoms with Crippen molar-refractivity contribution in [3.05, 3.63) is 34.9 Å². The maximum atomic E-state index is 12.4. The minimum Gasteiger partial charge on any atom is -0.320 e. The molecule has 2 fully saturated rings. The average molecular weight is 308 g/mol. The van der Waals surface area contributed by atoms with Gasteiger partial charge in [0.25, 0.3) is 0 Å². The Labute approximate surface area is 131 Å². The fourth-order valence-electron chi connectivity index (χ4n) is 3.22. The monoisotopic (exact) mass is 307 g/mol. The van der Waals surface area contributed by atoms with Gasteiger partial charge in [-0.1, -0.05) is 23.7 Å². The molecule has 2 atom stereocenters. The van der Waals surface area contributed by atoms with Crippen molar-refractivity contribution >= 4 is 17.5 Å². The number of carbonyl (C=O) groups is 1. The van der Waals surface area contributed by atoms with Crippen LogP contribution in [0.2, 0.25) is 5.02 Å². The molecule has 0 saturated carbocycles. The molecule has 1 amide bonds. The van der Waals surface area contributed by atoms with E-state index in [4.69, 9.17) is 11.6 Å². The number of likely N-dealkylation sites (tertiary alicyclic amines) is 1. The van der Waals surface area contributed by atoms with E-state index in [9.17, 15) is 4.79 Å². The quantitative estimate of drug-likeness (QED) is 0.927. The molecule has 2 heterocycles. The summed E-state index contributed by atoms with van der Waals surface area (Å²) in [5.74, 6) is 0.180. The zero-order chi connectivity index (χ0) is 14.8. The van der Waals surface area contributed by atoms with Crippen LogP contribution in [0, 0.1) is 0 Å². The van der Waals surface area contributed by atoms with Crippen molar-refractivity contribution in [2.75, 3.05) is 26.2 Å². The zero-order valence-electron chi connectivity index (χ0n) is 12.4. The number of hydrogen-bond donors (Lipinski definition) is 1. The number of nitrogens with one attached hydrogen (secondary N) is 1. The molecule has 2 aliphatic heterocycles. The van der Waals surface area contributed by atoms with Crippen LogP contribution in [0.25, 0.3) is 0 Å². The number of nitrogens with zero attached hydrogens (tertiary/aromatic N) is 2. The van der Waals surface area contributed by atoms with Gasteiger partial charge in [0.1, 0.15) is 6.17 Å². The number of benzene rings is 1. The minimum absolute atomic E-state index is 0.0613. The van der Waals surface area contributed by atoms with Crippen molar-refractivity contribution in [3.8, 4) is 0 Å². The Kier molecular flexibility index (Phi) is 4.48. The first kappa shape index (κ1) is 14.8. The van der Waals surface area contributed by atoms with Crippen LogP contribution in [0.1, 0.15) is 31.5 Å². The van der Waals surface area contributed by atoms with Crippen molar-refractivity contribution in [1.82, 2.24) is 15.1 Å². The third kappa shape index (κ3) is 3.23. The second-order valence-corrected chi connectivity index (χ2v) is 6.36. The van der Waals surface area contributed by atoms with Crippen LogP contribution in [-0.2, 0) is 4.79 Å². The Bertz CT molecular complexity index is 516. The first-order valence-corrected chi connectivity index (χ1v) is 8.07. The summed E-state index contributed by atoms with van der Waals surface area (Å²) in [5, 5.41) is 4.08. The van der Waals surface area contributed by atoms with Gasteiger partial charge in [0.05, 0.1) is 6.04 Å². The molecule has 1 N–H and O–H groups in total. The number of carbonyl (C=O) groups excluding carboxylic acids is 1. The SMILES string of the molecule is CC1NC(c2cccc(Cl)c2)N(CCN2CCCC2)C1=O. The number of halogens is 1. The lowest BCUT2D eigenvalue weighted by Gasteiger charge is -2.27. The highest BCUT2D eigenvalue weighted by Gasteiger charge is 2.37. The first-order chi connectivity index (χ1) is 10.1. The lowest BCUT2D eigenvalue weighted by Crippen LogP contribution is -2.37. The van der Waals surface area contributed by atoms with Crippen LogP contribution < -0.4 is 5.32 Å². The highest BCUT2D eigenvalue weighted by molar-refractivity contribution is 6.30. The molecule has 0 aliphatic carbocycles. The number of hydrogen-bond acceptors (Lipinski definition) is 3. The molecule has 114 valence electrons. The molecule has 3 rings (SSSR count). The second kappa shape index (κ2) is 6.34. The van der Waals surface area contributed by atoms with Crippen molar-refractivity contribution in [3.63, 3.8) is 0 Å². The highest BCUT2D eigenvalue weighted by Crippen LogP contribution is 2.27. The average Bonchev–Trinajstić information content (AvgIpc) is 3.07. The summed E-state index contributed by atoms with van der Waals surface area (Å²) in [6, 6.07) is 7.63. The fraction of sp³-hybridized carbons (Fsp3) is 0.562. The highest BCUT2D eigenvalue weighted by atomic mass is 35.5. The summed E-state index contributed by atoms with van der Waals surface area (Å²) in [7, 11) is 0. The van der Waals surface area contributed by atoms with Crippen LogP contribution in [0.4, 0.5) is 0 Å². The summed E-state index contributed by atoms with van der Waals surface area (Å²) in [4.78, 5) is 16.8. The Morgan fingerprint density at radius 1 is 1.29 bits per heavy atom. The van der Waals surface area contributed by atoms with Gasteiger partial charge in [0.15, 0.2) is 0 Å².